The van der Waals surface area contributed by atoms with Crippen molar-refractivity contribution in [2.75, 3.05) is 13.2 Å². The van der Waals surface area contributed by atoms with Gasteiger partial charge in [-0.1, -0.05) is 0 Å². The van der Waals surface area contributed by atoms with Gasteiger partial charge in [-0.15, -0.1) is 0 Å². The first-order chi connectivity index (χ1) is 5.92. The molecule has 1 atom stereocenters. The van der Waals surface area contributed by atoms with Crippen molar-refractivity contribution in [1.29, 1.82) is 0 Å². The van der Waals surface area contributed by atoms with Crippen LogP contribution in [0.25, 0.3) is 0 Å². The molecule has 0 spiro atoms. The van der Waals surface area contributed by atoms with Gasteiger partial charge in [-0.2, -0.15) is 12.6 Å². The zero-order chi connectivity index (χ0) is 10.3. The summed E-state index contributed by atoms with van der Waals surface area (Å²) >= 11 is -2.30. The van der Waals surface area contributed by atoms with Crippen molar-refractivity contribution >= 4 is 21.8 Å². The summed E-state index contributed by atoms with van der Waals surface area (Å²) in [4.78, 5) is 0. The molecule has 0 radical (unpaired) electrons. The van der Waals surface area contributed by atoms with Crippen LogP contribution in [0.5, 0.6) is 0 Å². The summed E-state index contributed by atoms with van der Waals surface area (Å²) in [5.41, 5.74) is 0. The normalized spacial score (nSPS) is 14.3. The smallest absolute Gasteiger partial charge is 0.284 e. The van der Waals surface area contributed by atoms with E-state index >= 15 is 0 Å². The summed E-state index contributed by atoms with van der Waals surface area (Å²) in [6.45, 7) is -0.155. The van der Waals surface area contributed by atoms with Crippen LogP contribution in [0, 0.1) is 0 Å². The monoisotopic (exact) mass is 234 g/mol. The van der Waals surface area contributed by atoms with E-state index in [9.17, 15) is 12.6 Å². The SMILES string of the molecule is O=S(O)OCCCCOS(=O)(=O)O. The largest absolute Gasteiger partial charge is 0.397 e. The van der Waals surface area contributed by atoms with Gasteiger partial charge in [0, 0.05) is 0 Å². The number of rotatable bonds is 7. The lowest BCUT2D eigenvalue weighted by molar-refractivity contribution is 0.243. The molecule has 7 nitrogen and oxygen atoms in total. The molecular weight excluding hydrogens is 224 g/mol. The quantitative estimate of drug-likeness (QED) is 0.354. The summed E-state index contributed by atoms with van der Waals surface area (Å²) in [6.07, 6.45) is 0.665. The molecule has 13 heavy (non-hydrogen) atoms. The Kier molecular flexibility index (Phi) is 6.37. The number of hydrogen-bond acceptors (Lipinski definition) is 5. The third-order valence-corrected chi connectivity index (χ3v) is 1.79. The fourth-order valence-electron chi connectivity index (χ4n) is 0.499. The van der Waals surface area contributed by atoms with Crippen LogP contribution in [-0.4, -0.2) is 34.9 Å². The lowest BCUT2D eigenvalue weighted by Crippen LogP contribution is -2.06. The van der Waals surface area contributed by atoms with Crippen LogP contribution in [0.15, 0.2) is 0 Å². The van der Waals surface area contributed by atoms with E-state index < -0.39 is 21.8 Å². The molecule has 0 aliphatic carbocycles. The molecule has 0 aromatic heterocycles. The molecule has 9 heteroatoms. The molecule has 1 unspecified atom stereocenters. The lowest BCUT2D eigenvalue weighted by Gasteiger charge is -1.99. The van der Waals surface area contributed by atoms with Crippen LogP contribution in [0.1, 0.15) is 12.8 Å². The summed E-state index contributed by atoms with van der Waals surface area (Å²) < 4.78 is 54.3. The second-order valence-corrected chi connectivity index (χ2v) is 3.76. The maximum absolute atomic E-state index is 9.99. The van der Waals surface area contributed by atoms with Gasteiger partial charge in [0.25, 0.3) is 0 Å². The molecule has 0 aliphatic rings. The van der Waals surface area contributed by atoms with Crippen molar-refractivity contribution in [3.05, 3.63) is 0 Å². The standard InChI is InChI=1S/C4H10O7S2/c5-12(6)10-3-1-2-4-11-13(7,8)9/h1-4H2,(H,5,6)(H,7,8,9). The topological polar surface area (TPSA) is 110 Å². The lowest BCUT2D eigenvalue weighted by atomic mass is 10.3. The highest BCUT2D eigenvalue weighted by molar-refractivity contribution is 7.80. The molecule has 0 aliphatic heterocycles. The van der Waals surface area contributed by atoms with Gasteiger partial charge in [-0.05, 0) is 12.8 Å². The average Bonchev–Trinajstić information content (AvgIpc) is 1.93. The Morgan fingerprint density at radius 3 is 2.23 bits per heavy atom. The zero-order valence-corrected chi connectivity index (χ0v) is 8.21. The van der Waals surface area contributed by atoms with E-state index in [1.165, 1.54) is 0 Å². The molecular formula is C4H10O7S2. The first-order valence-corrected chi connectivity index (χ1v) is 5.67. The predicted molar refractivity (Wildman–Crippen MR) is 43.5 cm³/mol. The van der Waals surface area contributed by atoms with Crippen LogP contribution in [0.2, 0.25) is 0 Å². The minimum absolute atomic E-state index is 0.0257. The van der Waals surface area contributed by atoms with Gasteiger partial charge in [0.05, 0.1) is 13.2 Å². The van der Waals surface area contributed by atoms with Gasteiger partial charge in [0.1, 0.15) is 0 Å². The minimum atomic E-state index is -4.38. The van der Waals surface area contributed by atoms with E-state index in [1.807, 2.05) is 0 Å². The molecule has 80 valence electrons. The van der Waals surface area contributed by atoms with Gasteiger partial charge < -0.3 is 0 Å². The number of hydrogen-bond donors (Lipinski definition) is 2. The second kappa shape index (κ2) is 6.40. The van der Waals surface area contributed by atoms with Crippen molar-refractivity contribution < 1.29 is 30.1 Å². The predicted octanol–water partition coefficient (Wildman–Crippen LogP) is -0.261. The summed E-state index contributed by atoms with van der Waals surface area (Å²) in [5.74, 6) is 0. The molecule has 0 amide bonds. The maximum Gasteiger partial charge on any atom is 0.397 e. The van der Waals surface area contributed by atoms with E-state index in [-0.39, 0.29) is 13.2 Å². The van der Waals surface area contributed by atoms with Gasteiger partial charge in [-0.3, -0.25) is 13.3 Å². The van der Waals surface area contributed by atoms with E-state index in [0.717, 1.165) is 0 Å². The Labute approximate surface area is 78.5 Å². The average molecular weight is 234 g/mol. The third kappa shape index (κ3) is 11.9. The van der Waals surface area contributed by atoms with Crippen LogP contribution >= 0.6 is 0 Å². The first kappa shape index (κ1) is 12.9. The van der Waals surface area contributed by atoms with E-state index in [2.05, 4.69) is 8.37 Å². The Hall–Kier alpha value is -0.0600. The second-order valence-electron chi connectivity index (χ2n) is 2.00. The highest BCUT2D eigenvalue weighted by Gasteiger charge is 2.02. The Bertz CT molecular complexity index is 245. The van der Waals surface area contributed by atoms with Crippen LogP contribution in [-0.2, 0) is 30.1 Å². The Morgan fingerprint density at radius 2 is 1.77 bits per heavy atom. The van der Waals surface area contributed by atoms with Gasteiger partial charge in [-0.25, -0.2) is 4.18 Å². The molecule has 2 N–H and O–H groups in total. The highest BCUT2D eigenvalue weighted by atomic mass is 32.3. The van der Waals surface area contributed by atoms with Crippen molar-refractivity contribution in [3.63, 3.8) is 0 Å². The fourth-order valence-corrected chi connectivity index (χ4v) is 1.09. The summed E-state index contributed by atoms with van der Waals surface area (Å²) in [5, 5.41) is 0. The van der Waals surface area contributed by atoms with Crippen molar-refractivity contribution in [2.45, 2.75) is 12.8 Å². The van der Waals surface area contributed by atoms with Crippen LogP contribution in [0.4, 0.5) is 0 Å². The summed E-state index contributed by atoms with van der Waals surface area (Å²) in [7, 11) is -4.38. The Morgan fingerprint density at radius 1 is 1.23 bits per heavy atom. The Balaban J connectivity index is 3.23. The van der Waals surface area contributed by atoms with Gasteiger partial charge in [0.15, 0.2) is 0 Å². The van der Waals surface area contributed by atoms with E-state index in [1.54, 1.807) is 0 Å². The van der Waals surface area contributed by atoms with E-state index in [4.69, 9.17) is 9.11 Å². The highest BCUT2D eigenvalue weighted by Crippen LogP contribution is 1.95. The van der Waals surface area contributed by atoms with Gasteiger partial charge >= 0.3 is 21.8 Å². The summed E-state index contributed by atoms with van der Waals surface area (Å²) in [6, 6.07) is 0. The van der Waals surface area contributed by atoms with Crippen molar-refractivity contribution in [1.82, 2.24) is 0 Å². The maximum atomic E-state index is 9.99. The van der Waals surface area contributed by atoms with Gasteiger partial charge in [0.2, 0.25) is 0 Å². The van der Waals surface area contributed by atoms with Crippen LogP contribution in [0.3, 0.4) is 0 Å². The molecule has 0 aromatic carbocycles. The number of unbranched alkanes of at least 4 members (excludes halogenated alkanes) is 1. The van der Waals surface area contributed by atoms with Crippen LogP contribution < -0.4 is 0 Å². The van der Waals surface area contributed by atoms with Crippen molar-refractivity contribution in [2.24, 2.45) is 0 Å². The molecule has 0 bridgehead atoms. The fraction of sp³-hybridized carbons (Fsp3) is 1.00. The van der Waals surface area contributed by atoms with Crippen molar-refractivity contribution in [3.8, 4) is 0 Å². The first-order valence-electron chi connectivity index (χ1n) is 3.28. The molecule has 0 fully saturated rings. The zero-order valence-electron chi connectivity index (χ0n) is 6.58. The molecule has 0 saturated heterocycles. The molecule has 0 saturated carbocycles. The van der Waals surface area contributed by atoms with E-state index in [0.29, 0.717) is 12.8 Å². The molecule has 0 heterocycles. The third-order valence-electron chi connectivity index (χ3n) is 0.955. The molecule has 0 aromatic rings. The molecule has 0 rings (SSSR count). The minimum Gasteiger partial charge on any atom is -0.284 e.